The second-order valence-electron chi connectivity index (χ2n) is 5.00. The van der Waals surface area contributed by atoms with E-state index in [2.05, 4.69) is 27.5 Å². The monoisotopic (exact) mass is 320 g/mol. The number of anilines is 3. The number of halogens is 1. The van der Waals surface area contributed by atoms with Crippen molar-refractivity contribution in [2.24, 2.45) is 0 Å². The van der Waals surface area contributed by atoms with Crippen molar-refractivity contribution in [2.45, 2.75) is 26.7 Å². The molecule has 0 fully saturated rings. The Morgan fingerprint density at radius 2 is 1.95 bits per heavy atom. The van der Waals surface area contributed by atoms with Gasteiger partial charge >= 0.3 is 0 Å². The lowest BCUT2D eigenvalue weighted by atomic mass is 10.2. The lowest BCUT2D eigenvalue weighted by Crippen LogP contribution is -2.04. The van der Waals surface area contributed by atoms with Gasteiger partial charge < -0.3 is 15.4 Å². The van der Waals surface area contributed by atoms with Gasteiger partial charge in [0.05, 0.1) is 12.8 Å². The van der Waals surface area contributed by atoms with Crippen LogP contribution in [-0.4, -0.2) is 23.6 Å². The Morgan fingerprint density at radius 1 is 1.18 bits per heavy atom. The van der Waals surface area contributed by atoms with Crippen molar-refractivity contribution in [3.8, 4) is 5.75 Å². The van der Waals surface area contributed by atoms with E-state index < -0.39 is 0 Å². The highest BCUT2D eigenvalue weighted by Gasteiger charge is 2.08. The van der Waals surface area contributed by atoms with Gasteiger partial charge in [0.15, 0.2) is 0 Å². The van der Waals surface area contributed by atoms with E-state index in [4.69, 9.17) is 16.3 Å². The smallest absolute Gasteiger partial charge is 0.143 e. The zero-order chi connectivity index (χ0) is 15.9. The highest BCUT2D eigenvalue weighted by atomic mass is 35.5. The van der Waals surface area contributed by atoms with Crippen LogP contribution in [0.25, 0.3) is 0 Å². The average molecular weight is 321 g/mol. The molecule has 0 aliphatic rings. The molecule has 0 amide bonds. The number of nitrogens with one attached hydrogen (secondary N) is 2. The molecule has 0 radical (unpaired) electrons. The summed E-state index contributed by atoms with van der Waals surface area (Å²) in [5.41, 5.74) is 1.79. The number of unbranched alkanes of at least 4 members (excludes halogenated alkanes) is 1. The standard InChI is InChI=1S/C16H21ClN4O/c1-4-5-6-18-15-9-16(20-10-19-15)21-13-7-11(2)12(17)8-14(13)22-3/h7-10H,4-6H2,1-3H3,(H2,18,19,20,21). The van der Waals surface area contributed by atoms with Crippen molar-refractivity contribution in [1.29, 1.82) is 0 Å². The van der Waals surface area contributed by atoms with Gasteiger partial charge in [0, 0.05) is 23.7 Å². The van der Waals surface area contributed by atoms with Crippen molar-refractivity contribution in [3.63, 3.8) is 0 Å². The Labute approximate surface area is 136 Å². The molecular formula is C16H21ClN4O. The van der Waals surface area contributed by atoms with Gasteiger partial charge in [-0.3, -0.25) is 0 Å². The van der Waals surface area contributed by atoms with Gasteiger partial charge in [-0.15, -0.1) is 0 Å². The van der Waals surface area contributed by atoms with E-state index in [1.54, 1.807) is 13.2 Å². The molecule has 1 heterocycles. The minimum atomic E-state index is 0.673. The van der Waals surface area contributed by atoms with Crippen molar-refractivity contribution < 1.29 is 4.74 Å². The Kier molecular flexibility index (Phi) is 5.83. The second kappa shape index (κ2) is 7.84. The summed E-state index contributed by atoms with van der Waals surface area (Å²) in [4.78, 5) is 8.45. The van der Waals surface area contributed by atoms with Crippen LogP contribution in [0.5, 0.6) is 5.75 Å². The van der Waals surface area contributed by atoms with E-state index in [9.17, 15) is 0 Å². The molecule has 22 heavy (non-hydrogen) atoms. The molecular weight excluding hydrogens is 300 g/mol. The molecule has 118 valence electrons. The van der Waals surface area contributed by atoms with Gasteiger partial charge in [-0.1, -0.05) is 24.9 Å². The van der Waals surface area contributed by atoms with Crippen LogP contribution in [0.15, 0.2) is 24.5 Å². The van der Waals surface area contributed by atoms with Gasteiger partial charge in [0.2, 0.25) is 0 Å². The summed E-state index contributed by atoms with van der Waals surface area (Å²) in [6.45, 7) is 5.00. The second-order valence-corrected chi connectivity index (χ2v) is 5.40. The first-order valence-corrected chi connectivity index (χ1v) is 7.69. The largest absolute Gasteiger partial charge is 0.495 e. The van der Waals surface area contributed by atoms with Gasteiger partial charge in [0.1, 0.15) is 23.7 Å². The van der Waals surface area contributed by atoms with Crippen molar-refractivity contribution in [1.82, 2.24) is 9.97 Å². The summed E-state index contributed by atoms with van der Waals surface area (Å²) >= 11 is 6.12. The van der Waals surface area contributed by atoms with Crippen molar-refractivity contribution in [2.75, 3.05) is 24.3 Å². The predicted molar refractivity (Wildman–Crippen MR) is 91.5 cm³/mol. The zero-order valence-corrected chi connectivity index (χ0v) is 13.9. The summed E-state index contributed by atoms with van der Waals surface area (Å²) in [5.74, 6) is 2.18. The van der Waals surface area contributed by atoms with Crippen LogP contribution < -0.4 is 15.4 Å². The number of aromatic nitrogens is 2. The molecule has 0 aliphatic carbocycles. The van der Waals surface area contributed by atoms with Gasteiger partial charge in [0.25, 0.3) is 0 Å². The third kappa shape index (κ3) is 4.24. The summed E-state index contributed by atoms with van der Waals surface area (Å²) < 4.78 is 5.36. The number of nitrogens with zero attached hydrogens (tertiary/aromatic N) is 2. The summed E-state index contributed by atoms with van der Waals surface area (Å²) in [5, 5.41) is 7.20. The van der Waals surface area contributed by atoms with Crippen LogP contribution in [0, 0.1) is 6.92 Å². The van der Waals surface area contributed by atoms with E-state index in [-0.39, 0.29) is 0 Å². The maximum atomic E-state index is 6.12. The van der Waals surface area contributed by atoms with Crippen LogP contribution >= 0.6 is 11.6 Å². The molecule has 0 bridgehead atoms. The zero-order valence-electron chi connectivity index (χ0n) is 13.1. The van der Waals surface area contributed by atoms with E-state index >= 15 is 0 Å². The highest BCUT2D eigenvalue weighted by molar-refractivity contribution is 6.31. The first-order chi connectivity index (χ1) is 10.6. The van der Waals surface area contributed by atoms with Crippen LogP contribution in [0.1, 0.15) is 25.3 Å². The van der Waals surface area contributed by atoms with Gasteiger partial charge in [-0.25, -0.2) is 9.97 Å². The molecule has 2 rings (SSSR count). The van der Waals surface area contributed by atoms with Crippen LogP contribution in [-0.2, 0) is 0 Å². The number of methoxy groups -OCH3 is 1. The van der Waals surface area contributed by atoms with E-state index in [1.165, 1.54) is 6.33 Å². The molecule has 1 aromatic carbocycles. The number of hydrogen-bond acceptors (Lipinski definition) is 5. The summed E-state index contributed by atoms with van der Waals surface area (Å²) in [7, 11) is 1.61. The van der Waals surface area contributed by atoms with Crippen molar-refractivity contribution in [3.05, 3.63) is 35.1 Å². The number of aryl methyl sites for hydroxylation is 1. The topological polar surface area (TPSA) is 59.1 Å². The molecule has 0 aliphatic heterocycles. The molecule has 2 aromatic rings. The Morgan fingerprint density at radius 3 is 2.68 bits per heavy atom. The Hall–Kier alpha value is -2.01. The number of benzene rings is 1. The molecule has 1 aromatic heterocycles. The molecule has 0 saturated carbocycles. The van der Waals surface area contributed by atoms with E-state index in [1.807, 2.05) is 19.1 Å². The van der Waals surface area contributed by atoms with Crippen molar-refractivity contribution >= 4 is 28.9 Å². The lowest BCUT2D eigenvalue weighted by Gasteiger charge is -2.13. The van der Waals surface area contributed by atoms with Crippen LogP contribution in [0.2, 0.25) is 5.02 Å². The first kappa shape index (κ1) is 16.4. The minimum absolute atomic E-state index is 0.673. The molecule has 0 spiro atoms. The predicted octanol–water partition coefficient (Wildman–Crippen LogP) is 4.40. The minimum Gasteiger partial charge on any atom is -0.495 e. The maximum Gasteiger partial charge on any atom is 0.143 e. The fourth-order valence-corrected chi connectivity index (χ4v) is 2.14. The molecule has 6 heteroatoms. The third-order valence-electron chi connectivity index (χ3n) is 3.25. The fraction of sp³-hybridized carbons (Fsp3) is 0.375. The summed E-state index contributed by atoms with van der Waals surface area (Å²) in [6, 6.07) is 5.60. The lowest BCUT2D eigenvalue weighted by molar-refractivity contribution is 0.416. The van der Waals surface area contributed by atoms with Gasteiger partial charge in [-0.2, -0.15) is 0 Å². The molecule has 2 N–H and O–H groups in total. The molecule has 0 atom stereocenters. The van der Waals surface area contributed by atoms with E-state index in [0.717, 1.165) is 36.5 Å². The fourth-order valence-electron chi connectivity index (χ4n) is 1.98. The Bertz CT molecular complexity index is 634. The Balaban J connectivity index is 2.16. The third-order valence-corrected chi connectivity index (χ3v) is 3.65. The van der Waals surface area contributed by atoms with E-state index in [0.29, 0.717) is 16.6 Å². The van der Waals surface area contributed by atoms with Crippen LogP contribution in [0.4, 0.5) is 17.3 Å². The average Bonchev–Trinajstić information content (AvgIpc) is 2.51. The quantitative estimate of drug-likeness (QED) is 0.740. The highest BCUT2D eigenvalue weighted by Crippen LogP contribution is 2.32. The first-order valence-electron chi connectivity index (χ1n) is 7.31. The number of rotatable bonds is 7. The number of ether oxygens (including phenoxy) is 1. The SMILES string of the molecule is CCCCNc1cc(Nc2cc(C)c(Cl)cc2OC)ncn1. The normalized spacial score (nSPS) is 10.4. The van der Waals surface area contributed by atoms with Crippen LogP contribution in [0.3, 0.4) is 0 Å². The summed E-state index contributed by atoms with van der Waals surface area (Å²) in [6.07, 6.45) is 3.78. The molecule has 0 unspecified atom stereocenters. The maximum absolute atomic E-state index is 6.12. The number of hydrogen-bond donors (Lipinski definition) is 2. The molecule has 5 nitrogen and oxygen atoms in total. The molecule has 0 saturated heterocycles. The van der Waals surface area contributed by atoms with Gasteiger partial charge in [-0.05, 0) is 25.0 Å².